The maximum atomic E-state index is 12.3. The zero-order valence-corrected chi connectivity index (χ0v) is 14.7. The first-order valence-electron chi connectivity index (χ1n) is 8.92. The molecule has 2 aliphatic rings. The Labute approximate surface area is 148 Å². The Morgan fingerprint density at radius 3 is 2.64 bits per heavy atom. The Morgan fingerprint density at radius 2 is 2.00 bits per heavy atom. The number of rotatable bonds is 4. The van der Waals surface area contributed by atoms with E-state index in [0.29, 0.717) is 23.5 Å². The third-order valence-corrected chi connectivity index (χ3v) is 4.95. The summed E-state index contributed by atoms with van der Waals surface area (Å²) in [5, 5.41) is 8.78. The van der Waals surface area contributed by atoms with Gasteiger partial charge in [0.2, 0.25) is 0 Å². The van der Waals surface area contributed by atoms with Crippen molar-refractivity contribution < 1.29 is 14.3 Å². The van der Waals surface area contributed by atoms with Gasteiger partial charge in [-0.1, -0.05) is 0 Å². The second kappa shape index (κ2) is 8.32. The lowest BCUT2D eigenvalue weighted by molar-refractivity contribution is -0.135. The number of carbonyl (C=O) groups excluding carboxylic acids is 1. The van der Waals surface area contributed by atoms with Crippen LogP contribution in [0.2, 0.25) is 0 Å². The van der Waals surface area contributed by atoms with Gasteiger partial charge >= 0.3 is 0 Å². The van der Waals surface area contributed by atoms with E-state index >= 15 is 0 Å². The van der Waals surface area contributed by atoms with Gasteiger partial charge in [0, 0.05) is 32.2 Å². The van der Waals surface area contributed by atoms with Gasteiger partial charge in [0.15, 0.2) is 6.61 Å². The Hall–Kier alpha value is -2.10. The molecule has 0 spiro atoms. The van der Waals surface area contributed by atoms with Crippen LogP contribution in [-0.4, -0.2) is 67.2 Å². The van der Waals surface area contributed by atoms with Crippen molar-refractivity contribution in [2.45, 2.75) is 31.9 Å². The molecule has 0 unspecified atom stereocenters. The summed E-state index contributed by atoms with van der Waals surface area (Å²) in [6.07, 6.45) is 2.32. The van der Waals surface area contributed by atoms with Crippen LogP contribution in [0.15, 0.2) is 24.3 Å². The number of hydrogen-bond acceptors (Lipinski definition) is 5. The molecule has 1 aromatic carbocycles. The van der Waals surface area contributed by atoms with Crippen molar-refractivity contribution in [1.82, 2.24) is 9.80 Å². The maximum absolute atomic E-state index is 12.3. The second-order valence-corrected chi connectivity index (χ2v) is 6.71. The zero-order chi connectivity index (χ0) is 17.6. The molecule has 0 saturated carbocycles. The van der Waals surface area contributed by atoms with E-state index in [1.54, 1.807) is 24.3 Å². The van der Waals surface area contributed by atoms with Gasteiger partial charge in [-0.15, -0.1) is 0 Å². The molecule has 1 amide bonds. The summed E-state index contributed by atoms with van der Waals surface area (Å²) in [7, 11) is 0. The average Bonchev–Trinajstić information content (AvgIpc) is 2.66. The molecule has 3 rings (SSSR count). The number of amides is 1. The van der Waals surface area contributed by atoms with Gasteiger partial charge in [-0.2, -0.15) is 5.26 Å². The molecule has 1 atom stereocenters. The number of piperidine rings is 1. The summed E-state index contributed by atoms with van der Waals surface area (Å²) in [6.45, 7) is 6.51. The Bertz CT molecular complexity index is 618. The first-order valence-corrected chi connectivity index (χ1v) is 8.92. The summed E-state index contributed by atoms with van der Waals surface area (Å²) in [5.74, 6) is 0.641. The molecule has 2 heterocycles. The van der Waals surface area contributed by atoms with Gasteiger partial charge in [0.25, 0.3) is 5.91 Å². The number of nitrogens with zero attached hydrogens (tertiary/aromatic N) is 3. The van der Waals surface area contributed by atoms with E-state index in [-0.39, 0.29) is 12.5 Å². The van der Waals surface area contributed by atoms with Crippen LogP contribution < -0.4 is 4.74 Å². The monoisotopic (exact) mass is 343 g/mol. The molecule has 2 aliphatic heterocycles. The fraction of sp³-hybridized carbons (Fsp3) is 0.579. The molecule has 0 aromatic heterocycles. The Kier molecular flexibility index (Phi) is 5.90. The van der Waals surface area contributed by atoms with E-state index in [0.717, 1.165) is 45.6 Å². The first-order chi connectivity index (χ1) is 12.2. The van der Waals surface area contributed by atoms with E-state index in [4.69, 9.17) is 14.7 Å². The van der Waals surface area contributed by atoms with Crippen molar-refractivity contribution in [3.8, 4) is 11.8 Å². The number of likely N-dealkylation sites (tertiary alicyclic amines) is 1. The van der Waals surface area contributed by atoms with Crippen LogP contribution in [0.25, 0.3) is 0 Å². The minimum Gasteiger partial charge on any atom is -0.484 e. The topological polar surface area (TPSA) is 65.8 Å². The van der Waals surface area contributed by atoms with Gasteiger partial charge in [0.1, 0.15) is 5.75 Å². The van der Waals surface area contributed by atoms with E-state index in [9.17, 15) is 4.79 Å². The summed E-state index contributed by atoms with van der Waals surface area (Å²) < 4.78 is 11.2. The van der Waals surface area contributed by atoms with Crippen LogP contribution in [0.3, 0.4) is 0 Å². The molecule has 0 bridgehead atoms. The van der Waals surface area contributed by atoms with Gasteiger partial charge in [-0.05, 0) is 44.0 Å². The minimum absolute atomic E-state index is 0.0261. The summed E-state index contributed by atoms with van der Waals surface area (Å²) >= 11 is 0. The standard InChI is InChI=1S/C19H25N3O3/c1-15-13-22(10-11-24-15)17-6-8-21(9-7-17)19(23)14-25-18-4-2-16(12-20)3-5-18/h2-5,15,17H,6-11,13-14H2,1H3/t15-/m1/s1. The van der Waals surface area contributed by atoms with E-state index in [1.807, 2.05) is 4.90 Å². The predicted octanol–water partition coefficient (Wildman–Crippen LogP) is 1.65. The van der Waals surface area contributed by atoms with Crippen LogP contribution in [0.5, 0.6) is 5.75 Å². The number of ether oxygens (including phenoxy) is 2. The highest BCUT2D eigenvalue weighted by Crippen LogP contribution is 2.20. The third-order valence-electron chi connectivity index (χ3n) is 4.95. The average molecular weight is 343 g/mol. The molecule has 0 radical (unpaired) electrons. The molecule has 0 aliphatic carbocycles. The van der Waals surface area contributed by atoms with Crippen LogP contribution in [0.4, 0.5) is 0 Å². The molecule has 0 N–H and O–H groups in total. The summed E-state index contributed by atoms with van der Waals surface area (Å²) in [4.78, 5) is 16.7. The molecule has 1 aromatic rings. The van der Waals surface area contributed by atoms with Gasteiger partial charge in [-0.25, -0.2) is 0 Å². The fourth-order valence-corrected chi connectivity index (χ4v) is 3.52. The highest BCUT2D eigenvalue weighted by Gasteiger charge is 2.29. The van der Waals surface area contributed by atoms with E-state index in [1.165, 1.54) is 0 Å². The lowest BCUT2D eigenvalue weighted by Crippen LogP contribution is -2.52. The second-order valence-electron chi connectivity index (χ2n) is 6.71. The van der Waals surface area contributed by atoms with Crippen molar-refractivity contribution >= 4 is 5.91 Å². The van der Waals surface area contributed by atoms with Crippen LogP contribution in [0, 0.1) is 11.3 Å². The number of nitriles is 1. The van der Waals surface area contributed by atoms with Crippen molar-refractivity contribution in [2.24, 2.45) is 0 Å². The Balaban J connectivity index is 1.42. The van der Waals surface area contributed by atoms with Gasteiger partial charge in [0.05, 0.1) is 24.3 Å². The number of hydrogen-bond donors (Lipinski definition) is 0. The lowest BCUT2D eigenvalue weighted by atomic mass is 10.0. The van der Waals surface area contributed by atoms with Crippen molar-refractivity contribution in [3.63, 3.8) is 0 Å². The highest BCUT2D eigenvalue weighted by atomic mass is 16.5. The molecule has 6 nitrogen and oxygen atoms in total. The zero-order valence-electron chi connectivity index (χ0n) is 14.7. The largest absolute Gasteiger partial charge is 0.484 e. The molecule has 2 fully saturated rings. The first kappa shape index (κ1) is 17.7. The van der Waals surface area contributed by atoms with E-state index < -0.39 is 0 Å². The molecular weight excluding hydrogens is 318 g/mol. The van der Waals surface area contributed by atoms with Crippen molar-refractivity contribution in [2.75, 3.05) is 39.4 Å². The smallest absolute Gasteiger partial charge is 0.260 e. The third kappa shape index (κ3) is 4.71. The molecular formula is C19H25N3O3. The summed E-state index contributed by atoms with van der Waals surface area (Å²) in [6, 6.07) is 9.43. The van der Waals surface area contributed by atoms with Crippen LogP contribution in [0.1, 0.15) is 25.3 Å². The molecule has 6 heteroatoms. The number of benzene rings is 1. The van der Waals surface area contributed by atoms with Crippen LogP contribution in [-0.2, 0) is 9.53 Å². The fourth-order valence-electron chi connectivity index (χ4n) is 3.52. The maximum Gasteiger partial charge on any atom is 0.260 e. The molecule has 25 heavy (non-hydrogen) atoms. The number of morpholine rings is 1. The SMILES string of the molecule is C[C@@H]1CN(C2CCN(C(=O)COc3ccc(C#N)cc3)CC2)CCO1. The van der Waals surface area contributed by atoms with E-state index in [2.05, 4.69) is 17.9 Å². The quantitative estimate of drug-likeness (QED) is 0.832. The number of carbonyl (C=O) groups is 1. The molecule has 134 valence electrons. The van der Waals surface area contributed by atoms with Crippen LogP contribution >= 0.6 is 0 Å². The summed E-state index contributed by atoms with van der Waals surface area (Å²) in [5.41, 5.74) is 0.582. The van der Waals surface area contributed by atoms with Gasteiger partial charge < -0.3 is 14.4 Å². The van der Waals surface area contributed by atoms with Gasteiger partial charge in [-0.3, -0.25) is 9.69 Å². The molecule has 2 saturated heterocycles. The normalized spacial score (nSPS) is 22.4. The van der Waals surface area contributed by atoms with Crippen molar-refractivity contribution in [1.29, 1.82) is 5.26 Å². The predicted molar refractivity (Wildman–Crippen MR) is 93.2 cm³/mol. The highest BCUT2D eigenvalue weighted by molar-refractivity contribution is 5.77. The lowest BCUT2D eigenvalue weighted by Gasteiger charge is -2.41. The minimum atomic E-state index is 0.0261. The Morgan fingerprint density at radius 1 is 1.28 bits per heavy atom. The van der Waals surface area contributed by atoms with Crippen molar-refractivity contribution in [3.05, 3.63) is 29.8 Å².